The van der Waals surface area contributed by atoms with E-state index in [1.54, 1.807) is 0 Å². The minimum atomic E-state index is 0.907. The third-order valence-corrected chi connectivity index (χ3v) is 11.0. The first-order chi connectivity index (χ1) is 27.3. The van der Waals surface area contributed by atoms with Crippen molar-refractivity contribution in [2.24, 2.45) is 0 Å². The molecule has 0 amide bonds. The fourth-order valence-electron chi connectivity index (χ4n) is 8.42. The van der Waals surface area contributed by atoms with E-state index in [4.69, 9.17) is 4.42 Å². The van der Waals surface area contributed by atoms with Crippen molar-refractivity contribution in [2.75, 3.05) is 4.90 Å². The van der Waals surface area contributed by atoms with Gasteiger partial charge in [-0.15, -0.1) is 0 Å². The Morgan fingerprint density at radius 2 is 0.982 bits per heavy atom. The van der Waals surface area contributed by atoms with Gasteiger partial charge in [-0.25, -0.2) is 0 Å². The number of benzene rings is 9. The lowest BCUT2D eigenvalue weighted by Crippen LogP contribution is -2.10. The zero-order chi connectivity index (χ0) is 36.3. The fourth-order valence-corrected chi connectivity index (χ4v) is 8.42. The average Bonchev–Trinajstić information content (AvgIpc) is 3.80. The molecule has 0 aliphatic heterocycles. The molecule has 0 unspecified atom stereocenters. The molecule has 0 saturated carbocycles. The summed E-state index contributed by atoms with van der Waals surface area (Å²) in [6, 6.07) is 74.0. The summed E-state index contributed by atoms with van der Waals surface area (Å²) in [6.45, 7) is 0. The molecule has 2 aromatic heterocycles. The van der Waals surface area contributed by atoms with Crippen molar-refractivity contribution < 1.29 is 4.42 Å². The van der Waals surface area contributed by atoms with Crippen LogP contribution in [0.15, 0.2) is 211 Å². The lowest BCUT2D eigenvalue weighted by Gasteiger charge is -2.27. The lowest BCUT2D eigenvalue weighted by molar-refractivity contribution is 0.669. The van der Waals surface area contributed by atoms with Crippen LogP contribution in [0.3, 0.4) is 0 Å². The van der Waals surface area contributed by atoms with E-state index in [1.165, 1.54) is 49.3 Å². The number of hydrogen-bond donors (Lipinski definition) is 0. The molecule has 0 saturated heterocycles. The molecule has 0 atom stereocenters. The van der Waals surface area contributed by atoms with Gasteiger partial charge in [-0.2, -0.15) is 0 Å². The van der Waals surface area contributed by atoms with Crippen LogP contribution in [0.5, 0.6) is 0 Å². The summed E-state index contributed by atoms with van der Waals surface area (Å²) >= 11 is 0. The molecule has 0 aliphatic rings. The zero-order valence-corrected chi connectivity index (χ0v) is 29.9. The molecule has 0 radical (unpaired) electrons. The minimum Gasteiger partial charge on any atom is -0.456 e. The van der Waals surface area contributed by atoms with Gasteiger partial charge in [0.1, 0.15) is 11.2 Å². The van der Waals surface area contributed by atoms with E-state index in [0.29, 0.717) is 0 Å². The van der Waals surface area contributed by atoms with Gasteiger partial charge in [0.15, 0.2) is 0 Å². The van der Waals surface area contributed by atoms with Gasteiger partial charge in [-0.05, 0) is 106 Å². The van der Waals surface area contributed by atoms with Gasteiger partial charge < -0.3 is 13.9 Å². The third-order valence-electron chi connectivity index (χ3n) is 11.0. The second-order valence-corrected chi connectivity index (χ2v) is 14.2. The second-order valence-electron chi connectivity index (χ2n) is 14.2. The number of fused-ring (bicyclic) bond motifs is 7. The van der Waals surface area contributed by atoms with Crippen LogP contribution in [-0.2, 0) is 0 Å². The Morgan fingerprint density at radius 1 is 0.364 bits per heavy atom. The van der Waals surface area contributed by atoms with E-state index in [1.807, 2.05) is 12.1 Å². The van der Waals surface area contributed by atoms with Crippen molar-refractivity contribution >= 4 is 71.6 Å². The zero-order valence-electron chi connectivity index (χ0n) is 29.9. The SMILES string of the molecule is c1cc(-c2ccc(N(c3cccc(-n4c5ccccc5c5ccccc54)c3)c3ccc4ccccc4c3)cc2)cc(-c2cccc3oc4ccccc4c23)c1. The Kier molecular flexibility index (Phi) is 7.17. The number of rotatable bonds is 6. The molecule has 9 aromatic carbocycles. The molecule has 3 heteroatoms. The van der Waals surface area contributed by atoms with Gasteiger partial charge in [0.2, 0.25) is 0 Å². The number of nitrogens with zero attached hydrogens (tertiary/aromatic N) is 2. The highest BCUT2D eigenvalue weighted by Gasteiger charge is 2.18. The molecule has 55 heavy (non-hydrogen) atoms. The van der Waals surface area contributed by atoms with Crippen LogP contribution in [0.1, 0.15) is 0 Å². The number of para-hydroxylation sites is 3. The molecular weight excluding hydrogens is 669 g/mol. The van der Waals surface area contributed by atoms with Crippen molar-refractivity contribution in [1.82, 2.24) is 4.57 Å². The number of hydrogen-bond acceptors (Lipinski definition) is 2. The van der Waals surface area contributed by atoms with E-state index in [2.05, 4.69) is 204 Å². The topological polar surface area (TPSA) is 21.3 Å². The van der Waals surface area contributed by atoms with Gasteiger partial charge in [0.05, 0.1) is 11.0 Å². The summed E-state index contributed by atoms with van der Waals surface area (Å²) in [5.41, 5.74) is 13.3. The smallest absolute Gasteiger partial charge is 0.136 e. The summed E-state index contributed by atoms with van der Waals surface area (Å²) < 4.78 is 8.61. The third kappa shape index (κ3) is 5.20. The van der Waals surface area contributed by atoms with Crippen LogP contribution in [0.2, 0.25) is 0 Å². The van der Waals surface area contributed by atoms with Gasteiger partial charge in [0, 0.05) is 44.3 Å². The molecule has 258 valence electrons. The van der Waals surface area contributed by atoms with E-state index >= 15 is 0 Å². The predicted octanol–water partition coefficient (Wildman–Crippen LogP) is 14.6. The van der Waals surface area contributed by atoms with E-state index in [0.717, 1.165) is 50.3 Å². The van der Waals surface area contributed by atoms with Gasteiger partial charge in [0.25, 0.3) is 0 Å². The first kappa shape index (κ1) is 31.2. The van der Waals surface area contributed by atoms with E-state index in [-0.39, 0.29) is 0 Å². The number of aromatic nitrogens is 1. The Morgan fingerprint density at radius 3 is 1.80 bits per heavy atom. The van der Waals surface area contributed by atoms with E-state index < -0.39 is 0 Å². The summed E-state index contributed by atoms with van der Waals surface area (Å²) in [5.74, 6) is 0. The van der Waals surface area contributed by atoms with Crippen LogP contribution in [0, 0.1) is 0 Å². The highest BCUT2D eigenvalue weighted by molar-refractivity contribution is 6.12. The molecule has 11 rings (SSSR count). The van der Waals surface area contributed by atoms with Crippen molar-refractivity contribution in [3.63, 3.8) is 0 Å². The Bertz CT molecular complexity index is 3170. The van der Waals surface area contributed by atoms with Crippen molar-refractivity contribution in [2.45, 2.75) is 0 Å². The van der Waals surface area contributed by atoms with Crippen molar-refractivity contribution in [3.05, 3.63) is 206 Å². The molecule has 2 heterocycles. The first-order valence-electron chi connectivity index (χ1n) is 18.8. The van der Waals surface area contributed by atoms with Crippen LogP contribution in [0.25, 0.3) is 82.5 Å². The molecule has 3 nitrogen and oxygen atoms in total. The fraction of sp³-hybridized carbons (Fsp3) is 0. The molecular formula is C52H34N2O. The monoisotopic (exact) mass is 702 g/mol. The Hall–Kier alpha value is -7.36. The molecule has 0 spiro atoms. The van der Waals surface area contributed by atoms with Crippen LogP contribution >= 0.6 is 0 Å². The Labute approximate surface area is 318 Å². The molecule has 0 N–H and O–H groups in total. The van der Waals surface area contributed by atoms with Gasteiger partial charge >= 0.3 is 0 Å². The number of anilines is 3. The summed E-state index contributed by atoms with van der Waals surface area (Å²) in [5, 5.41) is 7.23. The summed E-state index contributed by atoms with van der Waals surface area (Å²) in [6.07, 6.45) is 0. The lowest BCUT2D eigenvalue weighted by atomic mass is 9.96. The second kappa shape index (κ2) is 12.6. The summed E-state index contributed by atoms with van der Waals surface area (Å²) in [4.78, 5) is 2.37. The predicted molar refractivity (Wildman–Crippen MR) is 231 cm³/mol. The number of furan rings is 1. The highest BCUT2D eigenvalue weighted by atomic mass is 16.3. The standard InChI is InChI=1S/C52H34N2O/c1-2-13-38-33-43(31-28-35(38)12-1)53(41-16-10-17-42(34-41)54-48-22-6-3-18-45(48)46-19-4-7-23-49(46)54)40-29-26-36(27-30-40)37-14-9-15-39(32-37)44-21-11-25-51-52(44)47-20-5-8-24-50(47)55-51/h1-34H. The van der Waals surface area contributed by atoms with Gasteiger partial charge in [-0.3, -0.25) is 0 Å². The van der Waals surface area contributed by atoms with Crippen LogP contribution in [0.4, 0.5) is 17.1 Å². The molecule has 0 bridgehead atoms. The van der Waals surface area contributed by atoms with Crippen molar-refractivity contribution in [1.29, 1.82) is 0 Å². The summed E-state index contributed by atoms with van der Waals surface area (Å²) in [7, 11) is 0. The quantitative estimate of drug-likeness (QED) is 0.172. The molecule has 0 fully saturated rings. The Balaban J connectivity index is 1.02. The van der Waals surface area contributed by atoms with Crippen LogP contribution in [-0.4, -0.2) is 4.57 Å². The van der Waals surface area contributed by atoms with E-state index in [9.17, 15) is 0 Å². The maximum Gasteiger partial charge on any atom is 0.136 e. The van der Waals surface area contributed by atoms with Crippen molar-refractivity contribution in [3.8, 4) is 27.9 Å². The average molecular weight is 703 g/mol. The maximum atomic E-state index is 6.22. The normalized spacial score (nSPS) is 11.6. The molecule has 0 aliphatic carbocycles. The molecule has 11 aromatic rings. The minimum absolute atomic E-state index is 0.907. The van der Waals surface area contributed by atoms with Gasteiger partial charge in [-0.1, -0.05) is 133 Å². The van der Waals surface area contributed by atoms with Crippen LogP contribution < -0.4 is 4.90 Å². The highest BCUT2D eigenvalue weighted by Crippen LogP contribution is 2.41. The first-order valence-corrected chi connectivity index (χ1v) is 18.8. The maximum absolute atomic E-state index is 6.22. The largest absolute Gasteiger partial charge is 0.456 e.